The van der Waals surface area contributed by atoms with Crippen molar-refractivity contribution in [1.82, 2.24) is 20.2 Å². The number of rotatable bonds is 5. The van der Waals surface area contributed by atoms with Crippen molar-refractivity contribution in [2.24, 2.45) is 5.41 Å². The minimum Gasteiger partial charge on any atom is -0.465 e. The van der Waals surface area contributed by atoms with Crippen molar-refractivity contribution >= 4 is 12.0 Å². The van der Waals surface area contributed by atoms with Gasteiger partial charge < -0.3 is 25.4 Å². The lowest BCUT2D eigenvalue weighted by Gasteiger charge is -2.34. The van der Waals surface area contributed by atoms with Gasteiger partial charge in [0.15, 0.2) is 0 Å². The summed E-state index contributed by atoms with van der Waals surface area (Å²) in [7, 11) is 0. The molecule has 8 heteroatoms. The van der Waals surface area contributed by atoms with E-state index in [1.807, 2.05) is 30.3 Å². The van der Waals surface area contributed by atoms with Gasteiger partial charge in [0.05, 0.1) is 12.1 Å². The molecular weight excluding hydrogens is 372 g/mol. The molecule has 1 aliphatic rings. The number of benzene rings is 1. The fourth-order valence-electron chi connectivity index (χ4n) is 3.71. The van der Waals surface area contributed by atoms with Crippen LogP contribution in [0.3, 0.4) is 0 Å². The van der Waals surface area contributed by atoms with Crippen LogP contribution in [0.25, 0.3) is 0 Å². The van der Waals surface area contributed by atoms with Gasteiger partial charge in [-0.3, -0.25) is 4.79 Å². The lowest BCUT2D eigenvalue weighted by atomic mass is 9.85. The van der Waals surface area contributed by atoms with Gasteiger partial charge in [0.25, 0.3) is 0 Å². The molecule has 0 aliphatic carbocycles. The Bertz CT molecular complexity index is 859. The highest BCUT2D eigenvalue weighted by atomic mass is 16.4. The van der Waals surface area contributed by atoms with Crippen LogP contribution < -0.4 is 5.32 Å². The fraction of sp³-hybridized carbons (Fsp3) is 0.476. The Balaban J connectivity index is 1.81. The van der Waals surface area contributed by atoms with Gasteiger partial charge >= 0.3 is 6.09 Å². The van der Waals surface area contributed by atoms with Gasteiger partial charge in [-0.05, 0) is 11.0 Å². The third kappa shape index (κ3) is 4.95. The Labute approximate surface area is 170 Å². The van der Waals surface area contributed by atoms with E-state index in [2.05, 4.69) is 15.3 Å². The van der Waals surface area contributed by atoms with Crippen molar-refractivity contribution in [2.75, 3.05) is 6.54 Å². The second-order valence-corrected chi connectivity index (χ2v) is 8.60. The Morgan fingerprint density at radius 3 is 2.62 bits per heavy atom. The molecule has 156 valence electrons. The smallest absolute Gasteiger partial charge is 0.405 e. The van der Waals surface area contributed by atoms with Crippen molar-refractivity contribution in [3.8, 4) is 0 Å². The Morgan fingerprint density at radius 1 is 1.31 bits per heavy atom. The normalized spacial score (nSPS) is 20.5. The van der Waals surface area contributed by atoms with E-state index in [0.717, 1.165) is 11.3 Å². The predicted octanol–water partition coefficient (Wildman–Crippen LogP) is 2.32. The zero-order chi connectivity index (χ0) is 21.2. The number of aromatic amines is 1. The first-order chi connectivity index (χ1) is 13.6. The molecule has 1 saturated heterocycles. The van der Waals surface area contributed by atoms with Crippen molar-refractivity contribution in [3.05, 3.63) is 53.6 Å². The summed E-state index contributed by atoms with van der Waals surface area (Å²) in [5, 5.41) is 21.7. The number of nitrogens with zero attached hydrogens (tertiary/aromatic N) is 2. The number of nitrogens with one attached hydrogen (secondary N) is 2. The number of hydrogen-bond acceptors (Lipinski definition) is 4. The predicted molar refractivity (Wildman–Crippen MR) is 107 cm³/mol. The Morgan fingerprint density at radius 2 is 2.00 bits per heavy atom. The molecule has 1 aromatic carbocycles. The molecule has 1 fully saturated rings. The largest absolute Gasteiger partial charge is 0.465 e. The van der Waals surface area contributed by atoms with Gasteiger partial charge in [0.2, 0.25) is 5.91 Å². The highest BCUT2D eigenvalue weighted by molar-refractivity contribution is 5.86. The number of likely N-dealkylation sites (tertiary alicyclic amines) is 1. The minimum atomic E-state index is -1.25. The molecule has 2 amide bonds. The maximum atomic E-state index is 13.2. The summed E-state index contributed by atoms with van der Waals surface area (Å²) in [6.07, 6.45) is 0.845. The number of amides is 2. The van der Waals surface area contributed by atoms with Crippen molar-refractivity contribution < 1.29 is 19.8 Å². The van der Waals surface area contributed by atoms with Crippen LogP contribution in [-0.2, 0) is 11.2 Å². The van der Waals surface area contributed by atoms with Crippen LogP contribution in [0.15, 0.2) is 36.5 Å². The molecular formula is C21H28N4O4. The first kappa shape index (κ1) is 20.9. The van der Waals surface area contributed by atoms with Crippen LogP contribution in [0.1, 0.15) is 50.3 Å². The summed E-state index contributed by atoms with van der Waals surface area (Å²) >= 11 is 0. The maximum Gasteiger partial charge on any atom is 0.405 e. The number of hydrogen-bond donors (Lipinski definition) is 4. The first-order valence-electron chi connectivity index (χ1n) is 9.71. The molecule has 0 saturated carbocycles. The number of aromatic nitrogens is 2. The molecule has 4 N–H and O–H groups in total. The lowest BCUT2D eigenvalue weighted by Crippen LogP contribution is -2.54. The summed E-state index contributed by atoms with van der Waals surface area (Å²) in [6.45, 7) is 5.56. The van der Waals surface area contributed by atoms with Gasteiger partial charge in [-0.25, -0.2) is 9.78 Å². The number of carboxylic acid groups (broad SMARTS) is 1. The van der Waals surface area contributed by atoms with Crippen LogP contribution in [0.5, 0.6) is 0 Å². The molecule has 2 aromatic rings. The van der Waals surface area contributed by atoms with E-state index in [4.69, 9.17) is 5.11 Å². The second-order valence-electron chi connectivity index (χ2n) is 8.60. The summed E-state index contributed by atoms with van der Waals surface area (Å²) < 4.78 is 0. The average molecular weight is 400 g/mol. The fourth-order valence-corrected chi connectivity index (χ4v) is 3.71. The lowest BCUT2D eigenvalue weighted by molar-refractivity contribution is -0.137. The maximum absolute atomic E-state index is 13.2. The van der Waals surface area contributed by atoms with Crippen molar-refractivity contribution in [1.29, 1.82) is 0 Å². The van der Waals surface area contributed by atoms with Gasteiger partial charge in [0, 0.05) is 31.3 Å². The van der Waals surface area contributed by atoms with E-state index >= 15 is 0 Å². The van der Waals surface area contributed by atoms with E-state index in [-0.39, 0.29) is 12.5 Å². The van der Waals surface area contributed by atoms with Gasteiger partial charge in [0.1, 0.15) is 11.9 Å². The first-order valence-corrected chi connectivity index (χ1v) is 9.71. The van der Waals surface area contributed by atoms with E-state index in [1.54, 1.807) is 27.0 Å². The molecule has 2 heterocycles. The summed E-state index contributed by atoms with van der Waals surface area (Å²) in [4.78, 5) is 33.7. The number of carbonyl (C=O) groups excluding carboxylic acids is 1. The number of imidazole rings is 1. The average Bonchev–Trinajstić information content (AvgIpc) is 3.25. The number of aliphatic hydroxyl groups is 1. The number of β-amino-alcohol motifs (C(OH)–C–C–N with tert-alkyl or cyclic N) is 1. The molecule has 3 rings (SSSR count). The molecule has 0 radical (unpaired) electrons. The van der Waals surface area contributed by atoms with Crippen LogP contribution in [-0.4, -0.2) is 55.8 Å². The van der Waals surface area contributed by atoms with Crippen LogP contribution in [0.4, 0.5) is 4.79 Å². The number of H-pyrrole nitrogens is 1. The Kier molecular flexibility index (Phi) is 5.93. The quantitative estimate of drug-likeness (QED) is 0.614. The molecule has 8 nitrogen and oxygen atoms in total. The van der Waals surface area contributed by atoms with E-state index in [0.29, 0.717) is 18.7 Å². The second kappa shape index (κ2) is 8.24. The van der Waals surface area contributed by atoms with Crippen molar-refractivity contribution in [2.45, 2.75) is 51.8 Å². The third-order valence-corrected chi connectivity index (χ3v) is 5.14. The van der Waals surface area contributed by atoms with Gasteiger partial charge in [-0.1, -0.05) is 51.1 Å². The zero-order valence-electron chi connectivity index (χ0n) is 16.9. The summed E-state index contributed by atoms with van der Waals surface area (Å²) in [5.41, 5.74) is 1.44. The molecule has 0 spiro atoms. The molecule has 0 bridgehead atoms. The van der Waals surface area contributed by atoms with Crippen LogP contribution in [0, 0.1) is 5.41 Å². The molecule has 1 aliphatic heterocycles. The minimum absolute atomic E-state index is 0.145. The highest BCUT2D eigenvalue weighted by Gasteiger charge is 2.43. The SMILES string of the molecule is CC(C)(C)[C@H](NC(=O)O)C(=O)N1C[C@H](O)C[C@H]1c1ncc(Cc2ccccc2)[nH]1. The molecule has 0 unspecified atom stereocenters. The van der Waals surface area contributed by atoms with E-state index in [1.165, 1.54) is 4.90 Å². The third-order valence-electron chi connectivity index (χ3n) is 5.14. The summed E-state index contributed by atoms with van der Waals surface area (Å²) in [6, 6.07) is 8.61. The van der Waals surface area contributed by atoms with Gasteiger partial charge in [-0.15, -0.1) is 0 Å². The highest BCUT2D eigenvalue weighted by Crippen LogP contribution is 2.33. The standard InChI is InChI=1S/C21H28N4O4/c1-21(2,3)17(24-20(28)29)19(27)25-12-15(26)10-16(25)18-22-11-14(23-18)9-13-7-5-4-6-8-13/h4-8,11,15-17,24,26H,9-10,12H2,1-3H3,(H,22,23)(H,28,29)/t15-,16+,17-/m1/s1. The van der Waals surface area contributed by atoms with E-state index in [9.17, 15) is 14.7 Å². The summed E-state index contributed by atoms with van der Waals surface area (Å²) in [5.74, 6) is 0.242. The van der Waals surface area contributed by atoms with Crippen molar-refractivity contribution in [3.63, 3.8) is 0 Å². The molecule has 29 heavy (non-hydrogen) atoms. The number of aliphatic hydroxyl groups excluding tert-OH is 1. The van der Waals surface area contributed by atoms with Gasteiger partial charge in [-0.2, -0.15) is 0 Å². The van der Waals surface area contributed by atoms with Crippen LogP contribution in [0.2, 0.25) is 0 Å². The number of carbonyl (C=O) groups is 2. The van der Waals surface area contributed by atoms with Crippen LogP contribution >= 0.6 is 0 Å². The van der Waals surface area contributed by atoms with E-state index < -0.39 is 29.7 Å². The Hall–Kier alpha value is -2.87. The zero-order valence-corrected chi connectivity index (χ0v) is 16.9. The topological polar surface area (TPSA) is 119 Å². The molecule has 3 atom stereocenters. The monoisotopic (exact) mass is 400 g/mol. The molecule has 1 aromatic heterocycles.